The Morgan fingerprint density at radius 1 is 1.00 bits per heavy atom. The van der Waals surface area contributed by atoms with Crippen LogP contribution in [0.1, 0.15) is 55.4 Å². The number of anilines is 1. The second-order valence-electron chi connectivity index (χ2n) is 9.81. The fraction of sp³-hybridized carbons (Fsp3) is 0.500. The molecule has 4 bridgehead atoms. The summed E-state index contributed by atoms with van der Waals surface area (Å²) in [6.07, 6.45) is 8.89. The van der Waals surface area contributed by atoms with Gasteiger partial charge in [-0.25, -0.2) is 4.68 Å². The van der Waals surface area contributed by atoms with E-state index in [1.54, 1.807) is 41.2 Å². The van der Waals surface area contributed by atoms with Crippen LogP contribution in [0.15, 0.2) is 36.5 Å². The molecule has 6 rings (SSSR count). The van der Waals surface area contributed by atoms with E-state index >= 15 is 0 Å². The number of carbonyl (C=O) groups excluding carboxylic acids is 3. The fourth-order valence-corrected chi connectivity index (χ4v) is 6.39. The predicted molar refractivity (Wildman–Crippen MR) is 119 cm³/mol. The van der Waals surface area contributed by atoms with Crippen LogP contribution in [-0.4, -0.2) is 34.0 Å². The molecular weight excluding hydrogens is 406 g/mol. The summed E-state index contributed by atoms with van der Waals surface area (Å²) in [5, 5.41) is 10.0. The molecular formula is C24H29N5O3. The van der Waals surface area contributed by atoms with Crippen LogP contribution in [0.25, 0.3) is 5.69 Å². The molecule has 0 spiro atoms. The number of benzene rings is 1. The number of hydrogen-bond donors (Lipinski definition) is 3. The van der Waals surface area contributed by atoms with Crippen LogP contribution in [0.3, 0.4) is 0 Å². The Hall–Kier alpha value is -3.16. The number of nitrogens with zero attached hydrogens (tertiary/aromatic N) is 2. The highest BCUT2D eigenvalue weighted by molar-refractivity contribution is 5.92. The zero-order chi connectivity index (χ0) is 22.3. The molecule has 32 heavy (non-hydrogen) atoms. The number of aromatic nitrogens is 2. The Morgan fingerprint density at radius 3 is 2.19 bits per heavy atom. The van der Waals surface area contributed by atoms with Crippen LogP contribution in [0.5, 0.6) is 0 Å². The van der Waals surface area contributed by atoms with Gasteiger partial charge >= 0.3 is 0 Å². The van der Waals surface area contributed by atoms with E-state index in [9.17, 15) is 14.4 Å². The second kappa shape index (κ2) is 8.07. The number of hydrogen-bond acceptors (Lipinski definition) is 4. The number of amides is 3. The highest BCUT2D eigenvalue weighted by Gasteiger charge is 2.54. The Labute approximate surface area is 186 Å². The standard InChI is InChI=1S/C24H29N5O3/c25-22(31)20-6-8-29(28-20)19-3-1-18(2-4-19)27-21(30)5-7-26-23(32)24-12-15-9-16(13-24)11-17(10-15)14-24/h1-4,6,8,15-17H,5,7,9-14H2,(H2,25,31)(H,26,32)(H,27,30). The first kappa shape index (κ1) is 20.7. The van der Waals surface area contributed by atoms with Crippen molar-refractivity contribution in [2.75, 3.05) is 11.9 Å². The SMILES string of the molecule is NC(=O)c1ccn(-c2ccc(NC(=O)CCNC(=O)C34CC5CC(CC(C5)C3)C4)cc2)n1. The van der Waals surface area contributed by atoms with Gasteiger partial charge < -0.3 is 16.4 Å². The van der Waals surface area contributed by atoms with Crippen LogP contribution in [0.4, 0.5) is 5.69 Å². The third-order valence-electron chi connectivity index (χ3n) is 7.41. The lowest BCUT2D eigenvalue weighted by Gasteiger charge is -2.55. The van der Waals surface area contributed by atoms with Crippen molar-refractivity contribution in [3.05, 3.63) is 42.2 Å². The number of primary amides is 1. The largest absolute Gasteiger partial charge is 0.364 e. The smallest absolute Gasteiger partial charge is 0.269 e. The molecule has 4 N–H and O–H groups in total. The quantitative estimate of drug-likeness (QED) is 0.619. The maximum atomic E-state index is 13.0. The highest BCUT2D eigenvalue weighted by Crippen LogP contribution is 2.60. The van der Waals surface area contributed by atoms with Crippen molar-refractivity contribution < 1.29 is 14.4 Å². The molecule has 3 amide bonds. The van der Waals surface area contributed by atoms with Gasteiger partial charge in [0.1, 0.15) is 5.69 Å². The average molecular weight is 436 g/mol. The average Bonchev–Trinajstić information content (AvgIpc) is 3.24. The molecule has 1 aromatic carbocycles. The molecule has 0 aliphatic heterocycles. The van der Waals surface area contributed by atoms with E-state index in [-0.39, 0.29) is 29.3 Å². The van der Waals surface area contributed by atoms with E-state index in [1.807, 2.05) is 0 Å². The van der Waals surface area contributed by atoms with Crippen molar-refractivity contribution in [1.82, 2.24) is 15.1 Å². The van der Waals surface area contributed by atoms with Gasteiger partial charge in [-0.3, -0.25) is 14.4 Å². The van der Waals surface area contributed by atoms with Gasteiger partial charge in [-0.2, -0.15) is 5.10 Å². The predicted octanol–water partition coefficient (Wildman–Crippen LogP) is 2.63. The highest BCUT2D eigenvalue weighted by atomic mass is 16.2. The molecule has 1 heterocycles. The molecule has 2 aromatic rings. The number of rotatable bonds is 7. The van der Waals surface area contributed by atoms with Crippen LogP contribution < -0.4 is 16.4 Å². The lowest BCUT2D eigenvalue weighted by Crippen LogP contribution is -2.53. The van der Waals surface area contributed by atoms with E-state index in [1.165, 1.54) is 19.3 Å². The molecule has 0 atom stereocenters. The Morgan fingerprint density at radius 2 is 1.62 bits per heavy atom. The van der Waals surface area contributed by atoms with Crippen molar-refractivity contribution >= 4 is 23.4 Å². The van der Waals surface area contributed by atoms with Gasteiger partial charge in [0.05, 0.1) is 5.69 Å². The van der Waals surface area contributed by atoms with E-state index in [0.29, 0.717) is 12.2 Å². The minimum Gasteiger partial charge on any atom is -0.364 e. The summed E-state index contributed by atoms with van der Waals surface area (Å²) >= 11 is 0. The lowest BCUT2D eigenvalue weighted by molar-refractivity contribution is -0.146. The molecule has 4 saturated carbocycles. The number of nitrogens with one attached hydrogen (secondary N) is 2. The van der Waals surface area contributed by atoms with Crippen LogP contribution in [0, 0.1) is 23.2 Å². The van der Waals surface area contributed by atoms with Crippen LogP contribution >= 0.6 is 0 Å². The van der Waals surface area contributed by atoms with E-state index < -0.39 is 5.91 Å². The second-order valence-corrected chi connectivity index (χ2v) is 9.81. The summed E-state index contributed by atoms with van der Waals surface area (Å²) < 4.78 is 1.55. The van der Waals surface area contributed by atoms with Crippen molar-refractivity contribution in [2.45, 2.75) is 44.9 Å². The summed E-state index contributed by atoms with van der Waals surface area (Å²) in [6, 6.07) is 8.68. The monoisotopic (exact) mass is 435 g/mol. The van der Waals surface area contributed by atoms with Gasteiger partial charge in [0.25, 0.3) is 5.91 Å². The van der Waals surface area contributed by atoms with Crippen molar-refractivity contribution in [3.8, 4) is 5.69 Å². The minimum absolute atomic E-state index is 0.140. The molecule has 8 nitrogen and oxygen atoms in total. The first-order valence-corrected chi connectivity index (χ1v) is 11.4. The van der Waals surface area contributed by atoms with Crippen molar-refractivity contribution in [3.63, 3.8) is 0 Å². The molecule has 0 saturated heterocycles. The summed E-state index contributed by atoms with van der Waals surface area (Å²) in [6.45, 7) is 0.355. The third-order valence-corrected chi connectivity index (χ3v) is 7.41. The normalized spacial score (nSPS) is 27.8. The molecule has 4 aliphatic rings. The van der Waals surface area contributed by atoms with Crippen LogP contribution in [0.2, 0.25) is 0 Å². The van der Waals surface area contributed by atoms with Gasteiger partial charge in [-0.05, 0) is 86.6 Å². The third kappa shape index (κ3) is 4.01. The molecule has 4 fully saturated rings. The molecule has 168 valence electrons. The van der Waals surface area contributed by atoms with E-state index in [4.69, 9.17) is 5.73 Å². The molecule has 1 aromatic heterocycles. The van der Waals surface area contributed by atoms with Gasteiger partial charge in [0.15, 0.2) is 0 Å². The molecule has 8 heteroatoms. The minimum atomic E-state index is -0.581. The summed E-state index contributed by atoms with van der Waals surface area (Å²) in [5.41, 5.74) is 6.65. The maximum Gasteiger partial charge on any atom is 0.269 e. The fourth-order valence-electron chi connectivity index (χ4n) is 6.39. The molecule has 0 radical (unpaired) electrons. The zero-order valence-corrected chi connectivity index (χ0v) is 18.0. The number of carbonyl (C=O) groups is 3. The van der Waals surface area contributed by atoms with Crippen molar-refractivity contribution in [1.29, 1.82) is 0 Å². The van der Waals surface area contributed by atoms with Crippen molar-refractivity contribution in [2.24, 2.45) is 28.9 Å². The summed E-state index contributed by atoms with van der Waals surface area (Å²) in [7, 11) is 0. The number of nitrogens with two attached hydrogens (primary N) is 1. The van der Waals surface area contributed by atoms with Gasteiger partial charge in [0, 0.05) is 30.3 Å². The Bertz CT molecular complexity index is 1010. The zero-order valence-electron chi connectivity index (χ0n) is 18.0. The van der Waals surface area contributed by atoms with Gasteiger partial charge in [0.2, 0.25) is 11.8 Å². The molecule has 4 aliphatic carbocycles. The Balaban J connectivity index is 1.10. The Kier molecular flexibility index (Phi) is 5.23. The van der Waals surface area contributed by atoms with E-state index in [2.05, 4.69) is 15.7 Å². The van der Waals surface area contributed by atoms with Gasteiger partial charge in [-0.15, -0.1) is 0 Å². The van der Waals surface area contributed by atoms with E-state index in [0.717, 1.165) is 42.7 Å². The lowest BCUT2D eigenvalue weighted by atomic mass is 9.49. The topological polar surface area (TPSA) is 119 Å². The van der Waals surface area contributed by atoms with Gasteiger partial charge in [-0.1, -0.05) is 0 Å². The maximum absolute atomic E-state index is 13.0. The first-order valence-electron chi connectivity index (χ1n) is 11.4. The first-order chi connectivity index (χ1) is 15.4. The molecule has 0 unspecified atom stereocenters. The summed E-state index contributed by atoms with van der Waals surface area (Å²) in [5.74, 6) is 1.61. The summed E-state index contributed by atoms with van der Waals surface area (Å²) in [4.78, 5) is 36.5. The van der Waals surface area contributed by atoms with Crippen LogP contribution in [-0.2, 0) is 9.59 Å².